The fraction of sp³-hybridized carbons (Fsp3) is 0.286. The molecule has 8 heteroatoms. The number of hydrogen-bond donors (Lipinski definition) is 3. The number of aromatic amines is 1. The van der Waals surface area contributed by atoms with E-state index in [9.17, 15) is 14.0 Å². The first-order valence-electron chi connectivity index (χ1n) is 12.1. The van der Waals surface area contributed by atoms with E-state index in [0.717, 1.165) is 25.2 Å². The predicted octanol–water partition coefficient (Wildman–Crippen LogP) is 4.70. The Morgan fingerprint density at radius 1 is 1.14 bits per heavy atom. The first-order chi connectivity index (χ1) is 17.4. The SMILES string of the molecule is CCN(CC)CCNC(=O)c1c(C)[nH]c(/C=C2\C(=O)Nc3ccc(F)cc32)c1-c1ccc(OC)cc1. The summed E-state index contributed by atoms with van der Waals surface area (Å²) < 4.78 is 19.3. The summed E-state index contributed by atoms with van der Waals surface area (Å²) in [5.41, 5.74) is 4.59. The van der Waals surface area contributed by atoms with Gasteiger partial charge in [0.15, 0.2) is 0 Å². The van der Waals surface area contributed by atoms with E-state index >= 15 is 0 Å². The van der Waals surface area contributed by atoms with Gasteiger partial charge < -0.3 is 25.3 Å². The van der Waals surface area contributed by atoms with Crippen molar-refractivity contribution in [1.29, 1.82) is 0 Å². The molecule has 2 heterocycles. The zero-order valence-electron chi connectivity index (χ0n) is 21.0. The molecule has 0 aliphatic carbocycles. The number of rotatable bonds is 9. The fourth-order valence-electron chi connectivity index (χ4n) is 4.50. The number of carbonyl (C=O) groups is 2. The molecule has 36 heavy (non-hydrogen) atoms. The van der Waals surface area contributed by atoms with Gasteiger partial charge in [0.05, 0.1) is 18.2 Å². The van der Waals surface area contributed by atoms with Crippen molar-refractivity contribution in [1.82, 2.24) is 15.2 Å². The summed E-state index contributed by atoms with van der Waals surface area (Å²) in [5, 5.41) is 5.81. The molecule has 0 spiro atoms. The Labute approximate surface area is 210 Å². The first kappa shape index (κ1) is 25.2. The molecule has 0 fully saturated rings. The third kappa shape index (κ3) is 5.04. The van der Waals surface area contributed by atoms with Crippen molar-refractivity contribution in [2.45, 2.75) is 20.8 Å². The second-order valence-corrected chi connectivity index (χ2v) is 8.63. The Bertz CT molecular complexity index is 1310. The Morgan fingerprint density at radius 2 is 1.86 bits per heavy atom. The number of hydrogen-bond acceptors (Lipinski definition) is 4. The van der Waals surface area contributed by atoms with Gasteiger partial charge >= 0.3 is 0 Å². The molecule has 3 N–H and O–H groups in total. The number of halogens is 1. The second-order valence-electron chi connectivity index (χ2n) is 8.63. The summed E-state index contributed by atoms with van der Waals surface area (Å²) >= 11 is 0. The number of H-pyrrole nitrogens is 1. The van der Waals surface area contributed by atoms with E-state index < -0.39 is 5.82 Å². The number of benzene rings is 2. The van der Waals surface area contributed by atoms with Gasteiger partial charge in [-0.2, -0.15) is 0 Å². The maximum atomic E-state index is 14.0. The summed E-state index contributed by atoms with van der Waals surface area (Å²) in [6, 6.07) is 11.6. The molecule has 0 saturated carbocycles. The molecule has 188 valence electrons. The molecule has 2 aromatic carbocycles. The predicted molar refractivity (Wildman–Crippen MR) is 141 cm³/mol. The molecular formula is C28H31FN4O3. The van der Waals surface area contributed by atoms with E-state index in [1.165, 1.54) is 12.1 Å². The second kappa shape index (κ2) is 10.8. The molecule has 0 radical (unpaired) electrons. The molecule has 2 amide bonds. The maximum absolute atomic E-state index is 14.0. The van der Waals surface area contributed by atoms with Crippen LogP contribution in [0.5, 0.6) is 5.75 Å². The molecule has 1 aromatic heterocycles. The fourth-order valence-corrected chi connectivity index (χ4v) is 4.50. The zero-order chi connectivity index (χ0) is 25.8. The van der Waals surface area contributed by atoms with Crippen LogP contribution in [0.15, 0.2) is 42.5 Å². The molecule has 1 aliphatic heterocycles. The Hall–Kier alpha value is -3.91. The van der Waals surface area contributed by atoms with Crippen LogP contribution in [0.1, 0.15) is 41.2 Å². The lowest BCUT2D eigenvalue weighted by Crippen LogP contribution is -2.35. The summed E-state index contributed by atoms with van der Waals surface area (Å²) in [6.45, 7) is 9.09. The molecule has 1 aliphatic rings. The number of ether oxygens (including phenoxy) is 1. The van der Waals surface area contributed by atoms with Crippen LogP contribution in [0.4, 0.5) is 10.1 Å². The number of nitrogens with zero attached hydrogens (tertiary/aromatic N) is 1. The van der Waals surface area contributed by atoms with Crippen LogP contribution in [-0.2, 0) is 4.79 Å². The summed E-state index contributed by atoms with van der Waals surface area (Å²) in [5.74, 6) is -0.263. The number of carbonyl (C=O) groups excluding carboxylic acids is 2. The van der Waals surface area contributed by atoms with Gasteiger partial charge in [-0.3, -0.25) is 9.59 Å². The van der Waals surface area contributed by atoms with Gasteiger partial charge in [-0.05, 0) is 62.0 Å². The van der Waals surface area contributed by atoms with E-state index in [2.05, 4.69) is 34.4 Å². The van der Waals surface area contributed by atoms with Crippen LogP contribution in [0, 0.1) is 12.7 Å². The number of methoxy groups -OCH3 is 1. The number of anilines is 1. The Morgan fingerprint density at radius 3 is 2.53 bits per heavy atom. The lowest BCUT2D eigenvalue weighted by atomic mass is 9.97. The highest BCUT2D eigenvalue weighted by Crippen LogP contribution is 2.37. The van der Waals surface area contributed by atoms with Crippen LogP contribution in [0.2, 0.25) is 0 Å². The average Bonchev–Trinajstić information content (AvgIpc) is 3.37. The van der Waals surface area contributed by atoms with Crippen LogP contribution >= 0.6 is 0 Å². The van der Waals surface area contributed by atoms with Crippen molar-refractivity contribution < 1.29 is 18.7 Å². The van der Waals surface area contributed by atoms with E-state index in [0.29, 0.717) is 51.6 Å². The molecular weight excluding hydrogens is 459 g/mol. The van der Waals surface area contributed by atoms with Crippen molar-refractivity contribution in [3.63, 3.8) is 0 Å². The number of aromatic nitrogens is 1. The standard InChI is InChI=1S/C28H31FN4O3/c1-5-33(6-2)14-13-30-28(35)25-17(3)31-24(26(25)18-7-10-20(36-4)11-8-18)16-22-21-15-19(29)9-12-23(21)32-27(22)34/h7-12,15-16,31H,5-6,13-14H2,1-4H3,(H,30,35)(H,32,34)/b22-16-. The van der Waals surface area contributed by atoms with Gasteiger partial charge in [0.1, 0.15) is 11.6 Å². The molecule has 4 rings (SSSR count). The zero-order valence-corrected chi connectivity index (χ0v) is 21.0. The summed E-state index contributed by atoms with van der Waals surface area (Å²) in [6.07, 6.45) is 1.68. The molecule has 3 aromatic rings. The van der Waals surface area contributed by atoms with Crippen molar-refractivity contribution in [2.24, 2.45) is 0 Å². The Balaban J connectivity index is 1.78. The summed E-state index contributed by atoms with van der Waals surface area (Å²) in [7, 11) is 1.59. The van der Waals surface area contributed by atoms with Gasteiger partial charge in [0.25, 0.3) is 11.8 Å². The Kier molecular flexibility index (Phi) is 7.55. The third-order valence-electron chi connectivity index (χ3n) is 6.48. The quantitative estimate of drug-likeness (QED) is 0.380. The average molecular weight is 491 g/mol. The monoisotopic (exact) mass is 490 g/mol. The molecule has 7 nitrogen and oxygen atoms in total. The van der Waals surface area contributed by atoms with Crippen LogP contribution < -0.4 is 15.4 Å². The number of likely N-dealkylation sites (N-methyl/N-ethyl adjacent to an activating group) is 1. The van der Waals surface area contributed by atoms with Crippen LogP contribution in [0.25, 0.3) is 22.8 Å². The minimum atomic E-state index is -0.428. The van der Waals surface area contributed by atoms with Crippen molar-refractivity contribution >= 4 is 29.2 Å². The van der Waals surface area contributed by atoms with Crippen molar-refractivity contribution in [3.8, 4) is 16.9 Å². The molecule has 0 unspecified atom stereocenters. The molecule has 0 bridgehead atoms. The van der Waals surface area contributed by atoms with Crippen LogP contribution in [-0.4, -0.2) is 55.0 Å². The van der Waals surface area contributed by atoms with Crippen LogP contribution in [0.3, 0.4) is 0 Å². The van der Waals surface area contributed by atoms with Gasteiger partial charge in [-0.25, -0.2) is 4.39 Å². The minimum Gasteiger partial charge on any atom is -0.497 e. The third-order valence-corrected chi connectivity index (χ3v) is 6.48. The van der Waals surface area contributed by atoms with Gasteiger partial charge in [0.2, 0.25) is 0 Å². The van der Waals surface area contributed by atoms with Gasteiger partial charge in [-0.1, -0.05) is 26.0 Å². The number of fused-ring (bicyclic) bond motifs is 1. The van der Waals surface area contributed by atoms with E-state index in [4.69, 9.17) is 4.74 Å². The lowest BCUT2D eigenvalue weighted by Gasteiger charge is -2.18. The molecule has 0 atom stereocenters. The van der Waals surface area contributed by atoms with Gasteiger partial charge in [-0.15, -0.1) is 0 Å². The van der Waals surface area contributed by atoms with Crippen molar-refractivity contribution in [3.05, 3.63) is 70.8 Å². The topological polar surface area (TPSA) is 86.5 Å². The molecule has 0 saturated heterocycles. The number of nitrogens with one attached hydrogen (secondary N) is 3. The van der Waals surface area contributed by atoms with E-state index in [-0.39, 0.29) is 11.8 Å². The van der Waals surface area contributed by atoms with E-state index in [1.54, 1.807) is 19.3 Å². The highest BCUT2D eigenvalue weighted by Gasteiger charge is 2.27. The number of amides is 2. The normalized spacial score (nSPS) is 13.7. The van der Waals surface area contributed by atoms with E-state index in [1.807, 2.05) is 31.2 Å². The number of aryl methyl sites for hydroxylation is 1. The highest BCUT2D eigenvalue weighted by molar-refractivity contribution is 6.35. The highest BCUT2D eigenvalue weighted by atomic mass is 19.1. The summed E-state index contributed by atoms with van der Waals surface area (Å²) in [4.78, 5) is 31.6. The first-order valence-corrected chi connectivity index (χ1v) is 12.1. The smallest absolute Gasteiger partial charge is 0.256 e. The minimum absolute atomic E-state index is 0.200. The van der Waals surface area contributed by atoms with Crippen molar-refractivity contribution in [2.75, 3.05) is 38.6 Å². The lowest BCUT2D eigenvalue weighted by molar-refractivity contribution is -0.110. The maximum Gasteiger partial charge on any atom is 0.256 e. The largest absolute Gasteiger partial charge is 0.497 e. The van der Waals surface area contributed by atoms with Gasteiger partial charge in [0, 0.05) is 41.3 Å².